The van der Waals surface area contributed by atoms with E-state index in [1.807, 2.05) is 6.92 Å². The second-order valence-corrected chi connectivity index (χ2v) is 11.9. The van der Waals surface area contributed by atoms with Crippen LogP contribution in [0.5, 0.6) is 0 Å². The van der Waals surface area contributed by atoms with Gasteiger partial charge in [-0.15, -0.1) is 0 Å². The number of hydrogen-bond donors (Lipinski definition) is 0. The fourth-order valence-electron chi connectivity index (χ4n) is 4.64. The summed E-state index contributed by atoms with van der Waals surface area (Å²) in [6.07, 6.45) is 23.0. The lowest BCUT2D eigenvalue weighted by atomic mass is 9.77. The third-order valence-corrected chi connectivity index (χ3v) is 10.2. The summed E-state index contributed by atoms with van der Waals surface area (Å²) in [7, 11) is 5.82. The van der Waals surface area contributed by atoms with Gasteiger partial charge in [-0.25, -0.2) is 0 Å². The largest absolute Gasteiger partial charge is 0.363 e. The Hall–Kier alpha value is 0.387. The topological polar surface area (TPSA) is 27.7 Å². The minimum atomic E-state index is -0.823. The summed E-state index contributed by atoms with van der Waals surface area (Å²) in [4.78, 5) is 0. The molecule has 31 heavy (non-hydrogen) atoms. The number of hydrogen-bond acceptors (Lipinski definition) is 3. The highest BCUT2D eigenvalue weighted by Gasteiger charge is 2.56. The van der Waals surface area contributed by atoms with Gasteiger partial charge in [-0.1, -0.05) is 128 Å². The second kappa shape index (κ2) is 17.8. The van der Waals surface area contributed by atoms with Crippen LogP contribution in [0.25, 0.3) is 0 Å². The summed E-state index contributed by atoms with van der Waals surface area (Å²) in [5, 5.41) is -0.823. The lowest BCUT2D eigenvalue weighted by molar-refractivity contribution is -0.251. The van der Waals surface area contributed by atoms with E-state index in [0.717, 1.165) is 23.1 Å². The van der Waals surface area contributed by atoms with Crippen LogP contribution in [0.4, 0.5) is 0 Å². The van der Waals surface area contributed by atoms with E-state index in [0.29, 0.717) is 0 Å². The first-order chi connectivity index (χ1) is 14.7. The molecule has 0 saturated carbocycles. The molecule has 0 bridgehead atoms. The van der Waals surface area contributed by atoms with E-state index in [1.54, 1.807) is 21.3 Å². The van der Waals surface area contributed by atoms with Gasteiger partial charge < -0.3 is 14.2 Å². The van der Waals surface area contributed by atoms with Gasteiger partial charge in [0.1, 0.15) is 10.5 Å². The van der Waals surface area contributed by atoms with Crippen LogP contribution in [0.3, 0.4) is 0 Å². The van der Waals surface area contributed by atoms with Crippen molar-refractivity contribution in [1.82, 2.24) is 0 Å². The van der Waals surface area contributed by atoms with Crippen LogP contribution in [0.1, 0.15) is 130 Å². The summed E-state index contributed by atoms with van der Waals surface area (Å²) < 4.78 is 17.2. The normalized spacial score (nSPS) is 16.4. The Bertz CT molecular complexity index is 415. The van der Waals surface area contributed by atoms with Gasteiger partial charge in [-0.2, -0.15) is 0 Å². The summed E-state index contributed by atoms with van der Waals surface area (Å²) in [6.45, 7) is 6.37. The lowest BCUT2D eigenvalue weighted by Crippen LogP contribution is -2.60. The first kappa shape index (κ1) is 31.4. The van der Waals surface area contributed by atoms with Crippen LogP contribution in [0.15, 0.2) is 0 Å². The molecule has 0 N–H and O–H groups in total. The van der Waals surface area contributed by atoms with Crippen molar-refractivity contribution in [3.05, 3.63) is 0 Å². The van der Waals surface area contributed by atoms with Crippen molar-refractivity contribution in [2.45, 2.75) is 140 Å². The molecule has 0 heterocycles. The maximum Gasteiger partial charge on any atom is 0.149 e. The third-order valence-electron chi connectivity index (χ3n) is 7.68. The Balaban J connectivity index is 3.88. The molecule has 0 aromatic heterocycles. The monoisotopic (exact) mass is 478 g/mol. The Labute approximate surface area is 203 Å². The summed E-state index contributed by atoms with van der Waals surface area (Å²) >= 11 is 6.78. The van der Waals surface area contributed by atoms with Crippen molar-refractivity contribution in [2.24, 2.45) is 5.41 Å². The second-order valence-electron chi connectivity index (χ2n) is 9.86. The summed E-state index contributed by atoms with van der Waals surface area (Å²) in [5.41, 5.74) is -1.06. The van der Waals surface area contributed by atoms with Gasteiger partial charge in [0.25, 0.3) is 0 Å². The van der Waals surface area contributed by atoms with Gasteiger partial charge in [0.05, 0.1) is 15.7 Å². The molecule has 0 rings (SSSR count). The van der Waals surface area contributed by atoms with E-state index in [1.165, 1.54) is 96.3 Å². The zero-order valence-corrected chi connectivity index (χ0v) is 24.9. The summed E-state index contributed by atoms with van der Waals surface area (Å²) in [6, 6.07) is 0. The van der Waals surface area contributed by atoms with Crippen molar-refractivity contribution < 1.29 is 14.2 Å². The number of methoxy groups -OCH3 is 3. The lowest BCUT2D eigenvalue weighted by Gasteiger charge is -2.51. The number of rotatable bonds is 22. The SMILES string of the molecule is CCCCCCCCCCCCCCCCCCC(C)(C(C)(Cl)OC)C([SiH3])(OC)OC. The molecular weight excluding hydrogens is 424 g/mol. The average molecular weight is 479 g/mol. The molecule has 188 valence electrons. The molecule has 0 radical (unpaired) electrons. The number of ether oxygens (including phenoxy) is 3. The predicted octanol–water partition coefficient (Wildman–Crippen LogP) is 7.56. The van der Waals surface area contributed by atoms with Crippen LogP contribution >= 0.6 is 11.6 Å². The standard InChI is InChI=1S/C26H55ClO3Si/c1-7-8-9-10-11-12-13-14-15-16-17-18-19-20-21-22-23-24(2,25(3,27)28-4)26(31,29-5)30-6/h7-23H2,1-6,31H3. The van der Waals surface area contributed by atoms with E-state index in [-0.39, 0.29) is 0 Å². The minimum absolute atomic E-state index is 0.401. The fourth-order valence-corrected chi connectivity index (χ4v) is 5.79. The van der Waals surface area contributed by atoms with Gasteiger partial charge in [0.15, 0.2) is 0 Å². The van der Waals surface area contributed by atoms with Crippen LogP contribution in [-0.4, -0.2) is 42.0 Å². The average Bonchev–Trinajstić information content (AvgIpc) is 2.77. The molecule has 2 unspecified atom stereocenters. The smallest absolute Gasteiger partial charge is 0.149 e. The van der Waals surface area contributed by atoms with Gasteiger partial charge in [-0.05, 0) is 13.3 Å². The minimum Gasteiger partial charge on any atom is -0.363 e. The van der Waals surface area contributed by atoms with E-state index in [2.05, 4.69) is 13.8 Å². The van der Waals surface area contributed by atoms with Crippen LogP contribution in [-0.2, 0) is 14.2 Å². The first-order valence-corrected chi connectivity index (χ1v) is 14.5. The quantitative estimate of drug-likeness (QED) is 0.0695. The van der Waals surface area contributed by atoms with Crippen LogP contribution < -0.4 is 0 Å². The highest BCUT2D eigenvalue weighted by molar-refractivity contribution is 6.24. The Morgan fingerprint density at radius 2 is 0.903 bits per heavy atom. The molecule has 0 saturated heterocycles. The number of alkyl halides is 1. The van der Waals surface area contributed by atoms with E-state index >= 15 is 0 Å². The first-order valence-electron chi connectivity index (χ1n) is 13.1. The van der Waals surface area contributed by atoms with Gasteiger partial charge in [0.2, 0.25) is 0 Å². The molecular formula is C26H55ClO3Si. The van der Waals surface area contributed by atoms with Crippen LogP contribution in [0, 0.1) is 5.41 Å². The number of unbranched alkanes of at least 4 members (excludes halogenated alkanes) is 15. The molecule has 0 fully saturated rings. The van der Waals surface area contributed by atoms with E-state index in [9.17, 15) is 0 Å². The molecule has 0 aromatic carbocycles. The van der Waals surface area contributed by atoms with Crippen LogP contribution in [0.2, 0.25) is 0 Å². The molecule has 2 atom stereocenters. The molecule has 5 heteroatoms. The van der Waals surface area contributed by atoms with E-state index < -0.39 is 15.9 Å². The third kappa shape index (κ3) is 11.4. The van der Waals surface area contributed by atoms with Crippen molar-refractivity contribution in [2.75, 3.05) is 21.3 Å². The van der Waals surface area contributed by atoms with Gasteiger partial charge in [-0.3, -0.25) is 0 Å². The maximum absolute atomic E-state index is 6.78. The van der Waals surface area contributed by atoms with Crippen molar-refractivity contribution in [1.29, 1.82) is 0 Å². The highest BCUT2D eigenvalue weighted by Crippen LogP contribution is 2.50. The van der Waals surface area contributed by atoms with E-state index in [4.69, 9.17) is 25.8 Å². The molecule has 0 spiro atoms. The molecule has 0 aliphatic rings. The summed E-state index contributed by atoms with van der Waals surface area (Å²) in [5.74, 6) is 0. The van der Waals surface area contributed by atoms with Crippen molar-refractivity contribution in [3.8, 4) is 0 Å². The highest BCUT2D eigenvalue weighted by atomic mass is 35.5. The Morgan fingerprint density at radius 1 is 0.581 bits per heavy atom. The predicted molar refractivity (Wildman–Crippen MR) is 140 cm³/mol. The molecule has 0 aromatic rings. The molecule has 0 aliphatic carbocycles. The van der Waals surface area contributed by atoms with Gasteiger partial charge in [0, 0.05) is 21.3 Å². The van der Waals surface area contributed by atoms with Crippen molar-refractivity contribution in [3.63, 3.8) is 0 Å². The fraction of sp³-hybridized carbons (Fsp3) is 1.00. The van der Waals surface area contributed by atoms with Crippen molar-refractivity contribution >= 4 is 21.8 Å². The molecule has 3 nitrogen and oxygen atoms in total. The molecule has 0 amide bonds. The number of halogens is 1. The maximum atomic E-state index is 6.78. The van der Waals surface area contributed by atoms with Gasteiger partial charge >= 0.3 is 0 Å². The Kier molecular flexibility index (Phi) is 18.0. The molecule has 0 aliphatic heterocycles. The zero-order chi connectivity index (χ0) is 23.6. The Morgan fingerprint density at radius 3 is 1.19 bits per heavy atom. The zero-order valence-electron chi connectivity index (χ0n) is 22.1.